The molecule has 2 rings (SSSR count). The summed E-state index contributed by atoms with van der Waals surface area (Å²) in [6.45, 7) is -0.316. The van der Waals surface area contributed by atoms with Gasteiger partial charge in [0.1, 0.15) is 18.4 Å². The van der Waals surface area contributed by atoms with Gasteiger partial charge in [0, 0.05) is 18.8 Å². The first-order chi connectivity index (χ1) is 7.22. The number of aliphatic hydroxyl groups is 3. The maximum atomic E-state index is 9.57. The van der Waals surface area contributed by atoms with E-state index in [9.17, 15) is 10.2 Å². The number of hydrogen-bond acceptors (Lipinski definition) is 5. The van der Waals surface area contributed by atoms with Gasteiger partial charge in [-0.2, -0.15) is 0 Å². The molecule has 1 unspecified atom stereocenters. The highest BCUT2D eigenvalue weighted by Crippen LogP contribution is 2.27. The minimum atomic E-state index is -1.03. The second-order valence-corrected chi connectivity index (χ2v) is 3.62. The van der Waals surface area contributed by atoms with E-state index in [1.54, 1.807) is 23.3 Å². The summed E-state index contributed by atoms with van der Waals surface area (Å²) in [6, 6.07) is 0. The third kappa shape index (κ3) is 2.03. The Morgan fingerprint density at radius 3 is 2.87 bits per heavy atom. The van der Waals surface area contributed by atoms with Crippen LogP contribution in [0.5, 0.6) is 0 Å². The second kappa shape index (κ2) is 4.28. The van der Waals surface area contributed by atoms with Crippen molar-refractivity contribution in [1.82, 2.24) is 9.55 Å². The van der Waals surface area contributed by atoms with Crippen molar-refractivity contribution in [2.75, 3.05) is 6.61 Å². The molecule has 1 fully saturated rings. The largest absolute Gasteiger partial charge is 0.394 e. The van der Waals surface area contributed by atoms with Crippen molar-refractivity contribution in [2.45, 2.75) is 31.0 Å². The minimum Gasteiger partial charge on any atom is -0.394 e. The number of hydrogen-bond donors (Lipinski definition) is 3. The lowest BCUT2D eigenvalue weighted by atomic mass is 10.0. The van der Waals surface area contributed by atoms with Gasteiger partial charge >= 0.3 is 0 Å². The molecule has 0 spiro atoms. The molecule has 0 amide bonds. The van der Waals surface area contributed by atoms with Crippen LogP contribution >= 0.6 is 0 Å². The Morgan fingerprint density at radius 2 is 2.27 bits per heavy atom. The summed E-state index contributed by atoms with van der Waals surface area (Å²) in [5.41, 5.74) is 0. The standard InChI is InChI=1S/C9H14N2O4/c12-4-7-9(14)6(13)3-8(15-7)11-2-1-10-5-11/h1-2,5-9,12-14H,3-4H2/t6-,7-,8?,9+/m1/s1. The first kappa shape index (κ1) is 10.6. The van der Waals surface area contributed by atoms with Gasteiger partial charge in [0.05, 0.1) is 19.0 Å². The molecule has 1 saturated heterocycles. The van der Waals surface area contributed by atoms with E-state index in [0.717, 1.165) is 0 Å². The smallest absolute Gasteiger partial charge is 0.137 e. The summed E-state index contributed by atoms with van der Waals surface area (Å²) in [6.07, 6.45) is 2.12. The monoisotopic (exact) mass is 214 g/mol. The van der Waals surface area contributed by atoms with Gasteiger partial charge < -0.3 is 24.6 Å². The fourth-order valence-corrected chi connectivity index (χ4v) is 1.71. The van der Waals surface area contributed by atoms with Crippen LogP contribution in [0.15, 0.2) is 18.7 Å². The Bertz CT molecular complexity index is 303. The van der Waals surface area contributed by atoms with Crippen molar-refractivity contribution in [2.24, 2.45) is 0 Å². The number of aliphatic hydroxyl groups excluding tert-OH is 3. The van der Waals surface area contributed by atoms with E-state index in [2.05, 4.69) is 4.98 Å². The lowest BCUT2D eigenvalue weighted by Crippen LogP contribution is -2.48. The second-order valence-electron chi connectivity index (χ2n) is 3.62. The Kier molecular flexibility index (Phi) is 3.01. The Balaban J connectivity index is 2.10. The molecule has 15 heavy (non-hydrogen) atoms. The third-order valence-corrected chi connectivity index (χ3v) is 2.59. The molecular formula is C9H14N2O4. The Hall–Kier alpha value is -0.950. The van der Waals surface area contributed by atoms with Gasteiger partial charge in [-0.1, -0.05) is 0 Å². The van der Waals surface area contributed by atoms with Crippen LogP contribution in [0.4, 0.5) is 0 Å². The van der Waals surface area contributed by atoms with Crippen molar-refractivity contribution in [3.8, 4) is 0 Å². The minimum absolute atomic E-state index is 0.286. The molecule has 6 nitrogen and oxygen atoms in total. The van der Waals surface area contributed by atoms with Gasteiger partial charge in [-0.25, -0.2) is 4.98 Å². The van der Waals surface area contributed by atoms with Gasteiger partial charge in [-0.05, 0) is 0 Å². The third-order valence-electron chi connectivity index (χ3n) is 2.59. The summed E-state index contributed by atoms with van der Waals surface area (Å²) < 4.78 is 7.12. The van der Waals surface area contributed by atoms with E-state index in [4.69, 9.17) is 9.84 Å². The normalized spacial score (nSPS) is 36.7. The molecule has 3 N–H and O–H groups in total. The highest BCUT2D eigenvalue weighted by atomic mass is 16.5. The highest BCUT2D eigenvalue weighted by Gasteiger charge is 2.36. The van der Waals surface area contributed by atoms with Crippen LogP contribution in [0.3, 0.4) is 0 Å². The molecule has 84 valence electrons. The number of rotatable bonds is 2. The predicted molar refractivity (Wildman–Crippen MR) is 49.9 cm³/mol. The molecule has 1 aliphatic rings. The number of ether oxygens (including phenoxy) is 1. The van der Waals surface area contributed by atoms with Gasteiger partial charge in [-0.15, -0.1) is 0 Å². The van der Waals surface area contributed by atoms with Gasteiger partial charge in [0.15, 0.2) is 0 Å². The molecule has 2 heterocycles. The lowest BCUT2D eigenvalue weighted by molar-refractivity contribution is -0.201. The average Bonchev–Trinajstić information content (AvgIpc) is 2.75. The van der Waals surface area contributed by atoms with E-state index in [-0.39, 0.29) is 19.3 Å². The zero-order valence-electron chi connectivity index (χ0n) is 8.10. The van der Waals surface area contributed by atoms with Crippen LogP contribution in [0.25, 0.3) is 0 Å². The maximum Gasteiger partial charge on any atom is 0.137 e. The van der Waals surface area contributed by atoms with Crippen LogP contribution in [-0.2, 0) is 4.74 Å². The summed E-state index contributed by atoms with van der Waals surface area (Å²) in [7, 11) is 0. The van der Waals surface area contributed by atoms with Crippen LogP contribution in [0.1, 0.15) is 12.6 Å². The zero-order chi connectivity index (χ0) is 10.8. The van der Waals surface area contributed by atoms with E-state index in [0.29, 0.717) is 0 Å². The molecule has 4 atom stereocenters. The summed E-state index contributed by atoms with van der Waals surface area (Å²) in [5, 5.41) is 28.0. The summed E-state index contributed by atoms with van der Waals surface area (Å²) in [5.74, 6) is 0. The highest BCUT2D eigenvalue weighted by molar-refractivity contribution is 4.86. The van der Waals surface area contributed by atoms with E-state index >= 15 is 0 Å². The quantitative estimate of drug-likeness (QED) is 0.580. The molecule has 0 aliphatic carbocycles. The fourth-order valence-electron chi connectivity index (χ4n) is 1.71. The zero-order valence-corrected chi connectivity index (χ0v) is 8.10. The van der Waals surface area contributed by atoms with Crippen LogP contribution in [0.2, 0.25) is 0 Å². The first-order valence-electron chi connectivity index (χ1n) is 4.82. The van der Waals surface area contributed by atoms with Gasteiger partial charge in [0.25, 0.3) is 0 Å². The maximum absolute atomic E-state index is 9.57. The van der Waals surface area contributed by atoms with Crippen LogP contribution < -0.4 is 0 Å². The molecule has 0 aromatic carbocycles. The van der Waals surface area contributed by atoms with E-state index in [1.165, 1.54) is 0 Å². The fraction of sp³-hybridized carbons (Fsp3) is 0.667. The van der Waals surface area contributed by atoms with E-state index in [1.807, 2.05) is 0 Å². The first-order valence-corrected chi connectivity index (χ1v) is 4.82. The Labute approximate surface area is 86.8 Å². The molecule has 0 bridgehead atoms. The van der Waals surface area contributed by atoms with Gasteiger partial charge in [-0.3, -0.25) is 0 Å². The van der Waals surface area contributed by atoms with Crippen molar-refractivity contribution in [3.63, 3.8) is 0 Å². The Morgan fingerprint density at radius 1 is 1.47 bits per heavy atom. The molecule has 0 saturated carbocycles. The molecule has 1 aromatic heterocycles. The topological polar surface area (TPSA) is 87.7 Å². The lowest BCUT2D eigenvalue weighted by Gasteiger charge is -2.36. The van der Waals surface area contributed by atoms with Crippen LogP contribution in [0, 0.1) is 0 Å². The van der Waals surface area contributed by atoms with E-state index < -0.39 is 18.3 Å². The van der Waals surface area contributed by atoms with Crippen molar-refractivity contribution in [1.29, 1.82) is 0 Å². The SMILES string of the molecule is OC[C@H]1OC(n2ccnc2)C[C@@H](O)[C@@H]1O. The number of aromatic nitrogens is 2. The predicted octanol–water partition coefficient (Wildman–Crippen LogP) is -1.12. The van der Waals surface area contributed by atoms with Crippen LogP contribution in [-0.4, -0.2) is 49.8 Å². The molecular weight excluding hydrogens is 200 g/mol. The molecule has 0 radical (unpaired) electrons. The molecule has 1 aliphatic heterocycles. The van der Waals surface area contributed by atoms with Gasteiger partial charge in [0.2, 0.25) is 0 Å². The number of nitrogens with zero attached hydrogens (tertiary/aromatic N) is 2. The van der Waals surface area contributed by atoms with Crippen molar-refractivity contribution < 1.29 is 20.1 Å². The number of imidazole rings is 1. The van der Waals surface area contributed by atoms with Crippen molar-refractivity contribution in [3.05, 3.63) is 18.7 Å². The summed E-state index contributed by atoms with van der Waals surface area (Å²) in [4.78, 5) is 3.87. The van der Waals surface area contributed by atoms with Crippen molar-refractivity contribution >= 4 is 0 Å². The molecule has 1 aromatic rings. The summed E-state index contributed by atoms with van der Waals surface area (Å²) >= 11 is 0. The average molecular weight is 214 g/mol. The molecule has 6 heteroatoms.